The lowest BCUT2D eigenvalue weighted by Crippen LogP contribution is -2.21. The van der Waals surface area contributed by atoms with Crippen LogP contribution in [0.1, 0.15) is 36.6 Å². The third kappa shape index (κ3) is 5.31. The predicted molar refractivity (Wildman–Crippen MR) is 134 cm³/mol. The third-order valence-electron chi connectivity index (χ3n) is 5.31. The van der Waals surface area contributed by atoms with Crippen molar-refractivity contribution in [3.63, 3.8) is 0 Å². The van der Waals surface area contributed by atoms with E-state index in [1.54, 1.807) is 37.5 Å². The molecule has 7 heteroatoms. The topological polar surface area (TPSA) is 92.4 Å². The van der Waals surface area contributed by atoms with Crippen LogP contribution in [-0.2, 0) is 4.79 Å². The maximum atomic E-state index is 13.2. The number of benzene rings is 1. The number of nitrogens with one attached hydrogen (secondary N) is 1. The summed E-state index contributed by atoms with van der Waals surface area (Å²) in [6.45, 7) is 10.8. The second-order valence-electron chi connectivity index (χ2n) is 7.85. The Labute approximate surface area is 200 Å². The van der Waals surface area contributed by atoms with Crippen LogP contribution in [0.5, 0.6) is 0 Å². The number of halogens is 1. The van der Waals surface area contributed by atoms with Crippen molar-refractivity contribution in [3.8, 4) is 11.3 Å². The van der Waals surface area contributed by atoms with Crippen LogP contribution >= 0.6 is 15.9 Å². The second kappa shape index (κ2) is 10.0. The quantitative estimate of drug-likeness (QED) is 0.302. The summed E-state index contributed by atoms with van der Waals surface area (Å²) in [5.41, 5.74) is 3.78. The molecule has 0 spiro atoms. The summed E-state index contributed by atoms with van der Waals surface area (Å²) in [4.78, 5) is 29.0. The van der Waals surface area contributed by atoms with Gasteiger partial charge in [-0.2, -0.15) is 0 Å². The van der Waals surface area contributed by atoms with E-state index in [9.17, 15) is 14.7 Å². The van der Waals surface area contributed by atoms with Gasteiger partial charge < -0.3 is 14.8 Å². The molecule has 33 heavy (non-hydrogen) atoms. The maximum Gasteiger partial charge on any atom is 0.333 e. The number of aliphatic carboxylic acids is 1. The Morgan fingerprint density at radius 2 is 2.03 bits per heavy atom. The van der Waals surface area contributed by atoms with Crippen LogP contribution < -0.4 is 10.7 Å². The van der Waals surface area contributed by atoms with Crippen LogP contribution in [0.4, 0.5) is 0 Å². The summed E-state index contributed by atoms with van der Waals surface area (Å²) in [6.07, 6.45) is 6.63. The zero-order chi connectivity index (χ0) is 24.3. The van der Waals surface area contributed by atoms with Gasteiger partial charge in [-0.25, -0.2) is 4.79 Å². The Bertz CT molecular complexity index is 1350. The van der Waals surface area contributed by atoms with Gasteiger partial charge in [-0.05, 0) is 63.6 Å². The number of carboxylic acid groups (broad SMARTS) is 1. The molecule has 3 rings (SSSR count). The van der Waals surface area contributed by atoms with Crippen LogP contribution in [-0.4, -0.2) is 16.1 Å². The molecule has 170 valence electrons. The van der Waals surface area contributed by atoms with Gasteiger partial charge in [-0.3, -0.25) is 9.78 Å². The highest BCUT2D eigenvalue weighted by Crippen LogP contribution is 2.31. The molecule has 0 aliphatic carbocycles. The number of carbonyl (C=O) groups is 1. The number of hydrogen-bond acceptors (Lipinski definition) is 5. The van der Waals surface area contributed by atoms with Gasteiger partial charge in [-0.15, -0.1) is 0 Å². The van der Waals surface area contributed by atoms with E-state index < -0.39 is 5.97 Å². The number of fused-ring (bicyclic) bond motifs is 1. The van der Waals surface area contributed by atoms with E-state index in [-0.39, 0.29) is 17.0 Å². The highest BCUT2D eigenvalue weighted by Gasteiger charge is 2.20. The summed E-state index contributed by atoms with van der Waals surface area (Å²) in [7, 11) is 0. The van der Waals surface area contributed by atoms with E-state index >= 15 is 0 Å². The molecular formula is C26H25BrN2O4. The summed E-state index contributed by atoms with van der Waals surface area (Å²) in [5, 5.41) is 13.3. The Hall–Kier alpha value is -3.45. The summed E-state index contributed by atoms with van der Waals surface area (Å²) < 4.78 is 6.91. The van der Waals surface area contributed by atoms with Crippen LogP contribution in [0.15, 0.2) is 80.4 Å². The fourth-order valence-electron chi connectivity index (χ4n) is 3.54. The summed E-state index contributed by atoms with van der Waals surface area (Å²) >= 11 is 3.25. The Morgan fingerprint density at radius 3 is 2.64 bits per heavy atom. The lowest BCUT2D eigenvalue weighted by Gasteiger charge is -2.20. The first-order valence-electron chi connectivity index (χ1n) is 10.3. The second-order valence-corrected chi connectivity index (χ2v) is 8.87. The number of rotatable bonds is 7. The molecule has 3 aromatic rings. The normalized spacial score (nSPS) is 13.1. The highest BCUT2D eigenvalue weighted by molar-refractivity contribution is 9.11. The minimum absolute atomic E-state index is 0.111. The van der Waals surface area contributed by atoms with E-state index in [0.717, 1.165) is 11.1 Å². The van der Waals surface area contributed by atoms with Gasteiger partial charge in [0.05, 0.1) is 17.0 Å². The molecule has 2 aromatic heterocycles. The minimum atomic E-state index is -1.04. The Kier molecular flexibility index (Phi) is 7.33. The van der Waals surface area contributed by atoms with E-state index in [4.69, 9.17) is 4.42 Å². The van der Waals surface area contributed by atoms with Crippen molar-refractivity contribution >= 4 is 32.9 Å². The molecule has 6 nitrogen and oxygen atoms in total. The number of allylic oxidation sites excluding steroid dienone is 3. The zero-order valence-electron chi connectivity index (χ0n) is 18.9. The summed E-state index contributed by atoms with van der Waals surface area (Å²) in [5.74, 6) is -0.574. The molecule has 1 aromatic carbocycles. The number of hydrogen-bond donors (Lipinski definition) is 2. The highest BCUT2D eigenvalue weighted by atomic mass is 79.9. The van der Waals surface area contributed by atoms with Crippen LogP contribution in [0.2, 0.25) is 0 Å². The van der Waals surface area contributed by atoms with Crippen LogP contribution in [0.3, 0.4) is 0 Å². The van der Waals surface area contributed by atoms with Gasteiger partial charge in [-0.1, -0.05) is 28.6 Å². The van der Waals surface area contributed by atoms with Crippen molar-refractivity contribution in [2.45, 2.75) is 33.7 Å². The van der Waals surface area contributed by atoms with Crippen molar-refractivity contribution in [2.75, 3.05) is 0 Å². The molecule has 0 saturated carbocycles. The number of aryl methyl sites for hydroxylation is 1. The molecule has 1 atom stereocenters. The smallest absolute Gasteiger partial charge is 0.333 e. The van der Waals surface area contributed by atoms with Crippen molar-refractivity contribution in [1.29, 1.82) is 0 Å². The summed E-state index contributed by atoms with van der Waals surface area (Å²) in [6, 6.07) is 7.01. The van der Waals surface area contributed by atoms with Crippen molar-refractivity contribution < 1.29 is 14.3 Å². The fraction of sp³-hybridized carbons (Fsp3) is 0.192. The Morgan fingerprint density at radius 1 is 1.30 bits per heavy atom. The number of pyridine rings is 1. The number of nitrogens with zero attached hydrogens (tertiary/aromatic N) is 1. The van der Waals surface area contributed by atoms with Gasteiger partial charge in [0, 0.05) is 39.3 Å². The van der Waals surface area contributed by atoms with Crippen molar-refractivity contribution in [2.24, 2.45) is 0 Å². The maximum absolute atomic E-state index is 13.2. The lowest BCUT2D eigenvalue weighted by atomic mass is 9.99. The van der Waals surface area contributed by atoms with Gasteiger partial charge in [0.2, 0.25) is 0 Å². The zero-order valence-corrected chi connectivity index (χ0v) is 20.5. The number of aromatic nitrogens is 1. The molecule has 0 bridgehead atoms. The first-order valence-corrected chi connectivity index (χ1v) is 11.1. The van der Waals surface area contributed by atoms with Gasteiger partial charge >= 0.3 is 5.97 Å². The molecule has 0 fully saturated rings. The van der Waals surface area contributed by atoms with Crippen LogP contribution in [0.25, 0.3) is 22.3 Å². The average Bonchev–Trinajstić information content (AvgIpc) is 2.78. The van der Waals surface area contributed by atoms with Gasteiger partial charge in [0.15, 0.2) is 5.43 Å². The molecule has 0 amide bonds. The minimum Gasteiger partial charge on any atom is -0.478 e. The molecule has 0 saturated heterocycles. The van der Waals surface area contributed by atoms with E-state index in [1.807, 2.05) is 32.0 Å². The van der Waals surface area contributed by atoms with Gasteiger partial charge in [0.25, 0.3) is 0 Å². The SMILES string of the molecule is C=C(Br)/C=C\C(NC(C)c1cc(C)cc2c(=O)c(C)c(-c3cccnc3)oc12)=C(/C)C(=O)O. The molecule has 1 unspecified atom stereocenters. The van der Waals surface area contributed by atoms with E-state index in [0.29, 0.717) is 38.0 Å². The van der Waals surface area contributed by atoms with E-state index in [1.165, 1.54) is 6.92 Å². The van der Waals surface area contributed by atoms with E-state index in [2.05, 4.69) is 32.8 Å². The first-order chi connectivity index (χ1) is 15.6. The van der Waals surface area contributed by atoms with Crippen LogP contribution in [0, 0.1) is 13.8 Å². The fourth-order valence-corrected chi connectivity index (χ4v) is 3.68. The van der Waals surface area contributed by atoms with Crippen molar-refractivity contribution in [1.82, 2.24) is 10.3 Å². The molecule has 2 N–H and O–H groups in total. The molecule has 2 heterocycles. The largest absolute Gasteiger partial charge is 0.478 e. The first kappa shape index (κ1) is 24.2. The number of carboxylic acids is 1. The van der Waals surface area contributed by atoms with Crippen molar-refractivity contribution in [3.05, 3.63) is 98.1 Å². The monoisotopic (exact) mass is 508 g/mol. The molecule has 0 aliphatic rings. The Balaban J connectivity index is 2.20. The third-order valence-corrected chi connectivity index (χ3v) is 5.57. The average molecular weight is 509 g/mol. The lowest BCUT2D eigenvalue weighted by molar-refractivity contribution is -0.132. The standard InChI is InChI=1S/C26H25BrN2O4/c1-14-11-20(18(5)29-22(9-8-15(2)27)16(3)26(31)32)25-21(12-14)23(30)17(4)24(33-25)19-7-6-10-28-13-19/h6-13,18,29H,2H2,1,3-5H3,(H,31,32)/b9-8-,22-16-. The molecular weight excluding hydrogens is 484 g/mol. The van der Waals surface area contributed by atoms with Gasteiger partial charge in [0.1, 0.15) is 11.3 Å². The molecule has 0 radical (unpaired) electrons. The predicted octanol–water partition coefficient (Wildman–Crippen LogP) is 5.95. The molecule has 0 aliphatic heterocycles.